The smallest absolute Gasteiger partial charge is 0.261 e. The van der Waals surface area contributed by atoms with Gasteiger partial charge >= 0.3 is 0 Å². The molecule has 3 heteroatoms. The highest BCUT2D eigenvalue weighted by Gasteiger charge is 1.78. The van der Waals surface area contributed by atoms with Crippen molar-refractivity contribution in [1.82, 2.24) is 0 Å². The summed E-state index contributed by atoms with van der Waals surface area (Å²) in [5.74, 6) is 2.21. The summed E-state index contributed by atoms with van der Waals surface area (Å²) in [4.78, 5) is 0. The highest BCUT2D eigenvalue weighted by molar-refractivity contribution is 7.85. The fraction of sp³-hybridized carbons (Fsp3) is 0.250. The van der Waals surface area contributed by atoms with E-state index in [1.807, 2.05) is 0 Å². The van der Waals surface area contributed by atoms with Crippen molar-refractivity contribution < 1.29 is 4.74 Å². The Balaban J connectivity index is 3.52. The summed E-state index contributed by atoms with van der Waals surface area (Å²) in [6.07, 6.45) is 0. The van der Waals surface area contributed by atoms with Gasteiger partial charge in [0.05, 0.1) is 7.11 Å². The van der Waals surface area contributed by atoms with Crippen molar-refractivity contribution in [2.45, 2.75) is 0 Å². The molecule has 0 amide bonds. The molecule has 0 aliphatic heterocycles. The van der Waals surface area contributed by atoms with Crippen molar-refractivity contribution in [2.24, 2.45) is 0 Å². The van der Waals surface area contributed by atoms with Crippen LogP contribution in [0, 0.1) is 16.6 Å². The number of thiol groups is 1. The number of hydrogen-bond acceptors (Lipinski definition) is 3. The lowest BCUT2D eigenvalue weighted by atomic mass is 10.7. The summed E-state index contributed by atoms with van der Waals surface area (Å²) < 4.78 is 4.35. The van der Waals surface area contributed by atoms with Crippen LogP contribution in [0.2, 0.25) is 0 Å². The molecule has 0 bridgehead atoms. The van der Waals surface area contributed by atoms with Crippen LogP contribution in [0.1, 0.15) is 0 Å². The fourth-order valence-corrected chi connectivity index (χ4v) is 0.203. The van der Waals surface area contributed by atoms with E-state index in [-0.39, 0.29) is 5.90 Å². The molecule has 0 aliphatic carbocycles. The van der Waals surface area contributed by atoms with Gasteiger partial charge in [-0.25, -0.2) is 0 Å². The Morgan fingerprint density at radius 3 is 2.57 bits per heavy atom. The monoisotopic (exact) mass is 115 g/mol. The lowest BCUT2D eigenvalue weighted by molar-refractivity contribution is 0.405. The van der Waals surface area contributed by atoms with Crippen LogP contribution in [0.15, 0.2) is 0 Å². The average Bonchev–Trinajstić information content (AvgIpc) is 1.68. The zero-order valence-corrected chi connectivity index (χ0v) is 4.75. The van der Waals surface area contributed by atoms with Gasteiger partial charge in [0.2, 0.25) is 0 Å². The zero-order valence-electron chi connectivity index (χ0n) is 3.86. The first kappa shape index (κ1) is 6.38. The highest BCUT2D eigenvalue weighted by Crippen LogP contribution is 1.68. The second-order valence-electron chi connectivity index (χ2n) is 0.770. The van der Waals surface area contributed by atoms with Crippen LogP contribution in [-0.2, 0) is 4.74 Å². The first-order valence-electron chi connectivity index (χ1n) is 1.59. The van der Waals surface area contributed by atoms with Crippen LogP contribution in [0.4, 0.5) is 0 Å². The molecule has 0 unspecified atom stereocenters. The molecule has 1 N–H and O–H groups in total. The molecular weight excluding hydrogens is 110 g/mol. The lowest BCUT2D eigenvalue weighted by Crippen LogP contribution is -1.91. The number of methoxy groups -OCH3 is 1. The van der Waals surface area contributed by atoms with Crippen LogP contribution in [-0.4, -0.2) is 13.0 Å². The number of ether oxygens (including phenoxy) is 1. The molecule has 0 aliphatic rings. The quantitative estimate of drug-likeness (QED) is 0.205. The third-order valence-electron chi connectivity index (χ3n) is 0.374. The fourth-order valence-electron chi connectivity index (χ4n) is 0.102. The van der Waals surface area contributed by atoms with E-state index in [1.165, 1.54) is 7.11 Å². The van der Waals surface area contributed by atoms with Gasteiger partial charge < -0.3 is 4.74 Å². The molecule has 0 rings (SSSR count). The molecule has 0 atom stereocenters. The van der Waals surface area contributed by atoms with E-state index < -0.39 is 0 Å². The van der Waals surface area contributed by atoms with Gasteiger partial charge in [-0.1, -0.05) is 12.6 Å². The topological polar surface area (TPSA) is 33.1 Å². The third kappa shape index (κ3) is 3.20. The van der Waals surface area contributed by atoms with Crippen molar-refractivity contribution >= 4 is 18.5 Å². The van der Waals surface area contributed by atoms with E-state index in [2.05, 4.69) is 28.5 Å². The minimum absolute atomic E-state index is 0.0602. The molecule has 38 valence electrons. The SMILES string of the molecule is COC(=N)C#CS. The average molecular weight is 115 g/mol. The summed E-state index contributed by atoms with van der Waals surface area (Å²) in [5.41, 5.74) is 0. The summed E-state index contributed by atoms with van der Waals surface area (Å²) >= 11 is 3.53. The Hall–Kier alpha value is -0.620. The molecule has 0 aromatic heterocycles. The van der Waals surface area contributed by atoms with Crippen molar-refractivity contribution in [2.75, 3.05) is 7.11 Å². The van der Waals surface area contributed by atoms with Crippen molar-refractivity contribution in [1.29, 1.82) is 5.41 Å². The van der Waals surface area contributed by atoms with Crippen molar-refractivity contribution in [3.63, 3.8) is 0 Å². The molecule has 0 saturated carbocycles. The predicted molar refractivity (Wildman–Crippen MR) is 31.5 cm³/mol. The van der Waals surface area contributed by atoms with Crippen molar-refractivity contribution in [3.05, 3.63) is 0 Å². The van der Waals surface area contributed by atoms with Gasteiger partial charge in [-0.3, -0.25) is 5.41 Å². The molecular formula is C4H5NOS. The maximum absolute atomic E-state index is 6.69. The highest BCUT2D eigenvalue weighted by atomic mass is 32.1. The Kier molecular flexibility index (Phi) is 3.25. The third-order valence-corrected chi connectivity index (χ3v) is 0.485. The van der Waals surface area contributed by atoms with E-state index in [0.717, 1.165) is 0 Å². The molecule has 0 spiro atoms. The lowest BCUT2D eigenvalue weighted by Gasteiger charge is -1.85. The molecule has 0 saturated heterocycles. The van der Waals surface area contributed by atoms with Gasteiger partial charge in [-0.15, -0.1) is 0 Å². The summed E-state index contributed by atoms with van der Waals surface area (Å²) in [6, 6.07) is 0. The Morgan fingerprint density at radius 2 is 2.43 bits per heavy atom. The standard InChI is InChI=1S/C4H5NOS/c1-6-4(5)2-3-7/h5,7H,1H3. The first-order valence-corrected chi connectivity index (χ1v) is 2.03. The largest absolute Gasteiger partial charge is 0.475 e. The summed E-state index contributed by atoms with van der Waals surface area (Å²) in [5, 5.41) is 8.91. The first-order chi connectivity index (χ1) is 3.31. The van der Waals surface area contributed by atoms with E-state index in [0.29, 0.717) is 0 Å². The minimum Gasteiger partial charge on any atom is -0.475 e. The van der Waals surface area contributed by atoms with Crippen LogP contribution < -0.4 is 0 Å². The summed E-state index contributed by atoms with van der Waals surface area (Å²) in [6.45, 7) is 0. The number of rotatable bonds is 0. The Labute approximate surface area is 47.8 Å². The second kappa shape index (κ2) is 3.57. The van der Waals surface area contributed by atoms with E-state index in [1.54, 1.807) is 0 Å². The van der Waals surface area contributed by atoms with Crippen LogP contribution >= 0.6 is 12.6 Å². The predicted octanol–water partition coefficient (Wildman–Crippen LogP) is 0.501. The molecule has 0 fully saturated rings. The van der Waals surface area contributed by atoms with Crippen LogP contribution in [0.25, 0.3) is 0 Å². The van der Waals surface area contributed by atoms with E-state index in [9.17, 15) is 0 Å². The molecule has 0 aromatic carbocycles. The molecule has 0 heterocycles. The summed E-state index contributed by atoms with van der Waals surface area (Å²) in [7, 11) is 1.39. The van der Waals surface area contributed by atoms with Crippen LogP contribution in [0.3, 0.4) is 0 Å². The minimum atomic E-state index is -0.0602. The molecule has 7 heavy (non-hydrogen) atoms. The molecule has 0 radical (unpaired) electrons. The van der Waals surface area contributed by atoms with Gasteiger partial charge in [-0.05, 0) is 5.25 Å². The molecule has 2 nitrogen and oxygen atoms in total. The maximum Gasteiger partial charge on any atom is 0.261 e. The number of hydrogen-bond donors (Lipinski definition) is 2. The van der Waals surface area contributed by atoms with Crippen LogP contribution in [0.5, 0.6) is 0 Å². The second-order valence-corrected chi connectivity index (χ2v) is 0.994. The van der Waals surface area contributed by atoms with Gasteiger partial charge in [-0.2, -0.15) is 0 Å². The van der Waals surface area contributed by atoms with Crippen molar-refractivity contribution in [3.8, 4) is 11.2 Å². The number of nitrogens with one attached hydrogen (secondary N) is 1. The zero-order chi connectivity index (χ0) is 5.70. The maximum atomic E-state index is 6.69. The van der Waals surface area contributed by atoms with Gasteiger partial charge in [0.25, 0.3) is 5.90 Å². The van der Waals surface area contributed by atoms with E-state index >= 15 is 0 Å². The Bertz CT molecular complexity index is 121. The normalized spacial score (nSPS) is 6.00. The van der Waals surface area contributed by atoms with E-state index in [4.69, 9.17) is 5.41 Å². The van der Waals surface area contributed by atoms with Gasteiger partial charge in [0.1, 0.15) is 0 Å². The molecule has 0 aromatic rings. The van der Waals surface area contributed by atoms with Gasteiger partial charge in [0, 0.05) is 5.92 Å². The van der Waals surface area contributed by atoms with Gasteiger partial charge in [0.15, 0.2) is 0 Å². The Morgan fingerprint density at radius 1 is 1.86 bits per heavy atom.